The molecule has 1 heterocycles. The van der Waals surface area contributed by atoms with Crippen molar-refractivity contribution in [1.29, 1.82) is 0 Å². The molecule has 1 fully saturated rings. The maximum atomic E-state index is 9.52. The van der Waals surface area contributed by atoms with E-state index in [1.165, 1.54) is 12.1 Å². The number of aromatic hydroxyl groups is 2. The van der Waals surface area contributed by atoms with E-state index in [2.05, 4.69) is 10.6 Å². The number of piperazine rings is 1. The molecule has 0 bridgehead atoms. The Morgan fingerprint density at radius 1 is 0.773 bits per heavy atom. The van der Waals surface area contributed by atoms with E-state index < -0.39 is 0 Å². The van der Waals surface area contributed by atoms with E-state index in [-0.39, 0.29) is 23.6 Å². The van der Waals surface area contributed by atoms with E-state index in [9.17, 15) is 10.2 Å². The van der Waals surface area contributed by atoms with Crippen LogP contribution in [-0.4, -0.2) is 23.3 Å². The molecule has 22 heavy (non-hydrogen) atoms. The van der Waals surface area contributed by atoms with Gasteiger partial charge >= 0.3 is 0 Å². The third-order valence-corrected chi connectivity index (χ3v) is 4.48. The molecule has 0 unspecified atom stereocenters. The van der Waals surface area contributed by atoms with Gasteiger partial charge in [0, 0.05) is 23.1 Å². The second-order valence-electron chi connectivity index (χ2n) is 5.28. The molecule has 6 heteroatoms. The number of nitrogens with one attached hydrogen (secondary N) is 2. The summed E-state index contributed by atoms with van der Waals surface area (Å²) in [4.78, 5) is 0. The van der Waals surface area contributed by atoms with E-state index in [1.807, 2.05) is 12.1 Å². The standard InChI is InChI=1S/C16H16Cl2N2O2/c17-13-7-9(21)1-3-11(13)15-16(20-6-5-19-15)12-4-2-10(22)8-14(12)18/h1-4,7-8,15-16,19-22H,5-6H2/t15-,16-/m1/s1. The molecule has 116 valence electrons. The monoisotopic (exact) mass is 338 g/mol. The highest BCUT2D eigenvalue weighted by Crippen LogP contribution is 2.38. The number of halogens is 2. The molecule has 0 saturated carbocycles. The molecule has 0 aliphatic carbocycles. The Labute approximate surface area is 138 Å². The topological polar surface area (TPSA) is 64.5 Å². The van der Waals surface area contributed by atoms with Gasteiger partial charge in [0.15, 0.2) is 0 Å². The fourth-order valence-corrected chi connectivity index (χ4v) is 3.39. The highest BCUT2D eigenvalue weighted by atomic mass is 35.5. The van der Waals surface area contributed by atoms with Gasteiger partial charge in [0.1, 0.15) is 11.5 Å². The van der Waals surface area contributed by atoms with Crippen LogP contribution in [-0.2, 0) is 0 Å². The summed E-state index contributed by atoms with van der Waals surface area (Å²) in [6, 6.07) is 9.76. The summed E-state index contributed by atoms with van der Waals surface area (Å²) in [7, 11) is 0. The molecular weight excluding hydrogens is 323 g/mol. The van der Waals surface area contributed by atoms with Crippen LogP contribution in [0.3, 0.4) is 0 Å². The van der Waals surface area contributed by atoms with E-state index in [0.717, 1.165) is 24.2 Å². The number of rotatable bonds is 2. The van der Waals surface area contributed by atoms with Gasteiger partial charge in [0.25, 0.3) is 0 Å². The number of phenols is 2. The zero-order valence-corrected chi connectivity index (χ0v) is 13.2. The molecule has 3 rings (SSSR count). The summed E-state index contributed by atoms with van der Waals surface area (Å²) in [5.74, 6) is 0.272. The van der Waals surface area contributed by atoms with Crippen molar-refractivity contribution in [2.24, 2.45) is 0 Å². The molecule has 1 aliphatic heterocycles. The average molecular weight is 339 g/mol. The van der Waals surface area contributed by atoms with Crippen LogP contribution in [0.25, 0.3) is 0 Å². The smallest absolute Gasteiger partial charge is 0.117 e. The lowest BCUT2D eigenvalue weighted by atomic mass is 9.91. The predicted molar refractivity (Wildman–Crippen MR) is 87.7 cm³/mol. The van der Waals surface area contributed by atoms with Crippen molar-refractivity contribution in [3.05, 3.63) is 57.6 Å². The zero-order chi connectivity index (χ0) is 15.7. The highest BCUT2D eigenvalue weighted by molar-refractivity contribution is 6.32. The molecule has 1 saturated heterocycles. The molecule has 0 amide bonds. The summed E-state index contributed by atoms with van der Waals surface area (Å²) in [6.45, 7) is 1.60. The van der Waals surface area contributed by atoms with E-state index >= 15 is 0 Å². The third-order valence-electron chi connectivity index (χ3n) is 3.83. The first-order chi connectivity index (χ1) is 10.6. The first-order valence-corrected chi connectivity index (χ1v) is 7.75. The van der Waals surface area contributed by atoms with Crippen LogP contribution < -0.4 is 10.6 Å². The molecular formula is C16H16Cl2N2O2. The first kappa shape index (κ1) is 15.4. The lowest BCUT2D eigenvalue weighted by Crippen LogP contribution is -2.45. The second kappa shape index (κ2) is 6.34. The van der Waals surface area contributed by atoms with Gasteiger partial charge in [0.05, 0.1) is 12.1 Å². The lowest BCUT2D eigenvalue weighted by molar-refractivity contribution is 0.333. The molecule has 2 atom stereocenters. The fraction of sp³-hybridized carbons (Fsp3) is 0.250. The van der Waals surface area contributed by atoms with E-state index in [1.54, 1.807) is 12.1 Å². The van der Waals surface area contributed by atoms with E-state index in [4.69, 9.17) is 23.2 Å². The number of hydrogen-bond donors (Lipinski definition) is 4. The normalized spacial score (nSPS) is 21.7. The number of phenolic OH excluding ortho intramolecular Hbond substituents is 2. The second-order valence-corrected chi connectivity index (χ2v) is 6.09. The zero-order valence-electron chi connectivity index (χ0n) is 11.7. The maximum absolute atomic E-state index is 9.52. The number of benzene rings is 2. The molecule has 0 radical (unpaired) electrons. The van der Waals surface area contributed by atoms with E-state index in [0.29, 0.717) is 10.0 Å². The van der Waals surface area contributed by atoms with Crippen LogP contribution in [0.15, 0.2) is 36.4 Å². The Morgan fingerprint density at radius 3 is 1.55 bits per heavy atom. The Hall–Kier alpha value is -1.46. The third kappa shape index (κ3) is 3.01. The molecule has 0 spiro atoms. The van der Waals surface area contributed by atoms with Gasteiger partial charge in [-0.15, -0.1) is 0 Å². The Balaban J connectivity index is 2.01. The van der Waals surface area contributed by atoms with Crippen LogP contribution >= 0.6 is 23.2 Å². The minimum Gasteiger partial charge on any atom is -0.508 e. The largest absolute Gasteiger partial charge is 0.508 e. The Kier molecular flexibility index (Phi) is 4.45. The quantitative estimate of drug-likeness (QED) is 0.677. The summed E-state index contributed by atoms with van der Waals surface area (Å²) in [6.07, 6.45) is 0. The van der Waals surface area contributed by atoms with Gasteiger partial charge in [-0.25, -0.2) is 0 Å². The molecule has 0 aromatic heterocycles. The van der Waals surface area contributed by atoms with Crippen molar-refractivity contribution in [1.82, 2.24) is 10.6 Å². The molecule has 4 nitrogen and oxygen atoms in total. The van der Waals surface area contributed by atoms with Gasteiger partial charge in [-0.05, 0) is 35.4 Å². The van der Waals surface area contributed by atoms with Crippen molar-refractivity contribution in [2.45, 2.75) is 12.1 Å². The van der Waals surface area contributed by atoms with Gasteiger partial charge in [-0.3, -0.25) is 0 Å². The molecule has 2 aromatic carbocycles. The predicted octanol–water partition coefficient (Wildman–Crippen LogP) is 3.38. The van der Waals surface area contributed by atoms with Gasteiger partial charge in [-0.2, -0.15) is 0 Å². The van der Waals surface area contributed by atoms with Crippen LogP contribution in [0.2, 0.25) is 10.0 Å². The minimum absolute atomic E-state index is 0.0797. The minimum atomic E-state index is -0.0797. The van der Waals surface area contributed by atoms with Gasteiger partial charge < -0.3 is 20.8 Å². The molecule has 4 N–H and O–H groups in total. The van der Waals surface area contributed by atoms with Crippen LogP contribution in [0.5, 0.6) is 11.5 Å². The molecule has 2 aromatic rings. The van der Waals surface area contributed by atoms with Crippen molar-refractivity contribution < 1.29 is 10.2 Å². The van der Waals surface area contributed by atoms with Crippen molar-refractivity contribution >= 4 is 23.2 Å². The van der Waals surface area contributed by atoms with Gasteiger partial charge in [-0.1, -0.05) is 35.3 Å². The highest BCUT2D eigenvalue weighted by Gasteiger charge is 2.30. The molecule has 1 aliphatic rings. The summed E-state index contributed by atoms with van der Waals surface area (Å²) >= 11 is 12.6. The maximum Gasteiger partial charge on any atom is 0.117 e. The van der Waals surface area contributed by atoms with Gasteiger partial charge in [0.2, 0.25) is 0 Å². The lowest BCUT2D eigenvalue weighted by Gasteiger charge is -2.35. The SMILES string of the molecule is Oc1ccc([C@H]2NCCN[C@@H]2c2ccc(O)cc2Cl)c(Cl)c1. The van der Waals surface area contributed by atoms with Crippen LogP contribution in [0.4, 0.5) is 0 Å². The fourth-order valence-electron chi connectivity index (χ4n) is 2.81. The Morgan fingerprint density at radius 2 is 1.18 bits per heavy atom. The number of hydrogen-bond acceptors (Lipinski definition) is 4. The Bertz CT molecular complexity index is 634. The average Bonchev–Trinajstić information content (AvgIpc) is 2.48. The van der Waals surface area contributed by atoms with Crippen molar-refractivity contribution in [2.75, 3.05) is 13.1 Å². The van der Waals surface area contributed by atoms with Crippen molar-refractivity contribution in [3.8, 4) is 11.5 Å². The van der Waals surface area contributed by atoms with Crippen molar-refractivity contribution in [3.63, 3.8) is 0 Å². The summed E-state index contributed by atoms with van der Waals surface area (Å²) in [5.41, 5.74) is 1.78. The summed E-state index contributed by atoms with van der Waals surface area (Å²) < 4.78 is 0. The summed E-state index contributed by atoms with van der Waals surface area (Å²) in [5, 5.41) is 26.9. The van der Waals surface area contributed by atoms with Crippen LogP contribution in [0.1, 0.15) is 23.2 Å². The first-order valence-electron chi connectivity index (χ1n) is 7.00. The van der Waals surface area contributed by atoms with Crippen LogP contribution in [0, 0.1) is 0 Å².